The average molecular weight is 235 g/mol. The summed E-state index contributed by atoms with van der Waals surface area (Å²) < 4.78 is 5.40. The van der Waals surface area contributed by atoms with Crippen molar-refractivity contribution in [3.05, 3.63) is 23.4 Å². The van der Waals surface area contributed by atoms with Gasteiger partial charge in [-0.3, -0.25) is 4.90 Å². The second-order valence-corrected chi connectivity index (χ2v) is 4.85. The summed E-state index contributed by atoms with van der Waals surface area (Å²) in [5, 5.41) is 7.14. The van der Waals surface area contributed by atoms with Gasteiger partial charge in [0.25, 0.3) is 0 Å². The van der Waals surface area contributed by atoms with Gasteiger partial charge in [0.05, 0.1) is 19.4 Å². The molecule has 1 unspecified atom stereocenters. The quantitative estimate of drug-likeness (QED) is 0.691. The van der Waals surface area contributed by atoms with Crippen molar-refractivity contribution < 1.29 is 4.74 Å². The Morgan fingerprint density at radius 2 is 2.00 bits per heavy atom. The maximum Gasteiger partial charge on any atom is 0.0988 e. The molecule has 1 fully saturated rings. The number of morpholine rings is 1. The van der Waals surface area contributed by atoms with Crippen molar-refractivity contribution in [2.45, 2.75) is 19.0 Å². The Morgan fingerprint density at radius 3 is 2.88 bits per heavy atom. The number of ether oxygens (including phenoxy) is 1. The second kappa shape index (κ2) is 5.21. The van der Waals surface area contributed by atoms with Crippen molar-refractivity contribution in [3.8, 4) is 0 Å². The number of hydrogen-bond acceptors (Lipinski definition) is 4. The predicted octanol–water partition coefficient (Wildman–Crippen LogP) is 0.442. The second-order valence-electron chi connectivity index (χ2n) is 4.85. The van der Waals surface area contributed by atoms with Crippen LogP contribution in [-0.2, 0) is 4.74 Å². The van der Waals surface area contributed by atoms with Crippen LogP contribution < -0.4 is 10.6 Å². The number of nitrogens with zero attached hydrogens (tertiary/aromatic N) is 1. The van der Waals surface area contributed by atoms with Crippen LogP contribution >= 0.6 is 0 Å². The third-order valence-corrected chi connectivity index (χ3v) is 3.75. The molecule has 17 heavy (non-hydrogen) atoms. The molecule has 2 N–H and O–H groups in total. The average Bonchev–Trinajstić information content (AvgIpc) is 2.64. The van der Waals surface area contributed by atoms with E-state index in [1.165, 1.54) is 11.3 Å². The Bertz CT molecular complexity index is 332. The van der Waals surface area contributed by atoms with Gasteiger partial charge >= 0.3 is 0 Å². The van der Waals surface area contributed by atoms with E-state index < -0.39 is 0 Å². The molecule has 0 aromatic carbocycles. The summed E-state index contributed by atoms with van der Waals surface area (Å²) in [6.45, 7) is 5.98. The largest absolute Gasteiger partial charge is 0.379 e. The van der Waals surface area contributed by atoms with E-state index in [0.29, 0.717) is 6.17 Å². The zero-order valence-electron chi connectivity index (χ0n) is 10.2. The smallest absolute Gasteiger partial charge is 0.0988 e. The van der Waals surface area contributed by atoms with Crippen molar-refractivity contribution in [2.75, 3.05) is 39.4 Å². The van der Waals surface area contributed by atoms with Gasteiger partial charge in [0, 0.05) is 25.3 Å². The lowest BCUT2D eigenvalue weighted by atomic mass is 10.0. The first-order valence-corrected chi connectivity index (χ1v) is 6.63. The van der Waals surface area contributed by atoms with E-state index in [9.17, 15) is 0 Å². The van der Waals surface area contributed by atoms with Gasteiger partial charge in [0.2, 0.25) is 0 Å². The highest BCUT2D eigenvalue weighted by Crippen LogP contribution is 2.20. The fraction of sp³-hybridized carbons (Fsp3) is 0.692. The third-order valence-electron chi connectivity index (χ3n) is 3.75. The van der Waals surface area contributed by atoms with Crippen LogP contribution in [0, 0.1) is 0 Å². The van der Waals surface area contributed by atoms with Crippen LogP contribution in [0.5, 0.6) is 0 Å². The Kier molecular flexibility index (Phi) is 3.45. The number of nitrogens with one attached hydrogen (secondary N) is 2. The van der Waals surface area contributed by atoms with Gasteiger partial charge < -0.3 is 15.4 Å². The van der Waals surface area contributed by atoms with Crippen LogP contribution in [0.15, 0.2) is 23.4 Å². The van der Waals surface area contributed by atoms with Crippen molar-refractivity contribution in [1.29, 1.82) is 0 Å². The number of hydrogen-bond donors (Lipinski definition) is 2. The van der Waals surface area contributed by atoms with Gasteiger partial charge in [-0.15, -0.1) is 0 Å². The van der Waals surface area contributed by atoms with Crippen molar-refractivity contribution in [3.63, 3.8) is 0 Å². The minimum atomic E-state index is 0.371. The lowest BCUT2D eigenvalue weighted by Crippen LogP contribution is -2.50. The first-order chi connectivity index (χ1) is 8.43. The first-order valence-electron chi connectivity index (χ1n) is 6.63. The van der Waals surface area contributed by atoms with Crippen molar-refractivity contribution >= 4 is 0 Å². The summed E-state index contributed by atoms with van der Waals surface area (Å²) >= 11 is 0. The fourth-order valence-corrected chi connectivity index (χ4v) is 2.72. The maximum atomic E-state index is 5.40. The van der Waals surface area contributed by atoms with Crippen molar-refractivity contribution in [1.82, 2.24) is 15.5 Å². The third kappa shape index (κ3) is 2.54. The number of dihydropyridines is 1. The highest BCUT2D eigenvalue weighted by molar-refractivity contribution is 5.31. The van der Waals surface area contributed by atoms with E-state index in [1.54, 1.807) is 0 Å². The molecule has 4 heteroatoms. The van der Waals surface area contributed by atoms with Gasteiger partial charge in [-0.25, -0.2) is 0 Å². The molecule has 1 atom stereocenters. The summed E-state index contributed by atoms with van der Waals surface area (Å²) in [7, 11) is 0. The van der Waals surface area contributed by atoms with Gasteiger partial charge in [0.15, 0.2) is 0 Å². The molecular formula is C13H21N3O. The summed E-state index contributed by atoms with van der Waals surface area (Å²) in [6.07, 6.45) is 7.26. The van der Waals surface area contributed by atoms with Gasteiger partial charge in [-0.05, 0) is 31.0 Å². The molecule has 0 amide bonds. The highest BCUT2D eigenvalue weighted by Gasteiger charge is 2.23. The van der Waals surface area contributed by atoms with Crippen LogP contribution in [0.25, 0.3) is 0 Å². The monoisotopic (exact) mass is 235 g/mol. The fourth-order valence-electron chi connectivity index (χ4n) is 2.72. The van der Waals surface area contributed by atoms with E-state index in [1.807, 2.05) is 0 Å². The molecule has 4 nitrogen and oxygen atoms in total. The molecular weight excluding hydrogens is 214 g/mol. The zero-order valence-corrected chi connectivity index (χ0v) is 10.2. The molecule has 0 aliphatic carbocycles. The van der Waals surface area contributed by atoms with E-state index in [2.05, 4.69) is 27.7 Å². The highest BCUT2D eigenvalue weighted by atomic mass is 16.5. The lowest BCUT2D eigenvalue weighted by Gasteiger charge is -2.36. The van der Waals surface area contributed by atoms with Crippen LogP contribution in [0.2, 0.25) is 0 Å². The van der Waals surface area contributed by atoms with Gasteiger partial charge in [0.1, 0.15) is 0 Å². The normalized spacial score (nSPS) is 30.7. The Labute approximate surface area is 103 Å². The molecule has 3 aliphatic rings. The SMILES string of the molecule is C1=CC(N2CCOCC2)NC2=C1CCNCC2. The number of rotatable bonds is 1. The van der Waals surface area contributed by atoms with Crippen molar-refractivity contribution in [2.24, 2.45) is 0 Å². The molecule has 0 radical (unpaired) electrons. The summed E-state index contributed by atoms with van der Waals surface area (Å²) in [4.78, 5) is 2.46. The Morgan fingerprint density at radius 1 is 1.18 bits per heavy atom. The number of allylic oxidation sites excluding steroid dienone is 1. The van der Waals surface area contributed by atoms with Crippen LogP contribution in [0.1, 0.15) is 12.8 Å². The standard InChI is InChI=1S/C13H21N3O/c1-2-13(16-7-9-17-10-8-16)15-12-4-6-14-5-3-11(1)12/h1-2,13-15H,3-10H2. The molecule has 94 valence electrons. The Balaban J connectivity index is 1.67. The predicted molar refractivity (Wildman–Crippen MR) is 67.6 cm³/mol. The molecule has 3 aliphatic heterocycles. The van der Waals surface area contributed by atoms with E-state index >= 15 is 0 Å². The summed E-state index contributed by atoms with van der Waals surface area (Å²) in [5.74, 6) is 0. The van der Waals surface area contributed by atoms with E-state index in [0.717, 1.165) is 52.2 Å². The summed E-state index contributed by atoms with van der Waals surface area (Å²) in [5.41, 5.74) is 2.92. The minimum absolute atomic E-state index is 0.371. The zero-order chi connectivity index (χ0) is 11.5. The summed E-state index contributed by atoms with van der Waals surface area (Å²) in [6, 6.07) is 0. The Hall–Kier alpha value is -0.840. The first kappa shape index (κ1) is 11.3. The van der Waals surface area contributed by atoms with Crippen LogP contribution in [0.3, 0.4) is 0 Å². The molecule has 1 saturated heterocycles. The maximum absolute atomic E-state index is 5.40. The molecule has 0 aromatic heterocycles. The van der Waals surface area contributed by atoms with E-state index in [4.69, 9.17) is 4.74 Å². The molecule has 0 aromatic rings. The molecule has 0 bridgehead atoms. The van der Waals surface area contributed by atoms with Gasteiger partial charge in [-0.1, -0.05) is 6.08 Å². The molecule has 0 spiro atoms. The lowest BCUT2D eigenvalue weighted by molar-refractivity contribution is 0.0208. The minimum Gasteiger partial charge on any atom is -0.379 e. The van der Waals surface area contributed by atoms with Gasteiger partial charge in [-0.2, -0.15) is 0 Å². The topological polar surface area (TPSA) is 36.5 Å². The van der Waals surface area contributed by atoms with Crippen LogP contribution in [0.4, 0.5) is 0 Å². The molecule has 3 heterocycles. The van der Waals surface area contributed by atoms with E-state index in [-0.39, 0.29) is 0 Å². The molecule has 0 saturated carbocycles. The molecule has 3 rings (SSSR count). The van der Waals surface area contributed by atoms with Crippen LogP contribution in [-0.4, -0.2) is 50.5 Å².